The molecule has 24 heavy (non-hydrogen) atoms. The third kappa shape index (κ3) is 3.19. The van der Waals surface area contributed by atoms with Crippen molar-refractivity contribution < 1.29 is 14.3 Å². The van der Waals surface area contributed by atoms with E-state index in [9.17, 15) is 4.79 Å². The van der Waals surface area contributed by atoms with Crippen LogP contribution in [0.25, 0.3) is 10.2 Å². The van der Waals surface area contributed by atoms with E-state index in [1.54, 1.807) is 31.4 Å². The van der Waals surface area contributed by atoms with Gasteiger partial charge in [-0.25, -0.2) is 4.98 Å². The number of nitrogens with zero attached hydrogens (tertiary/aromatic N) is 1. The zero-order valence-electron chi connectivity index (χ0n) is 13.8. The molecule has 1 aromatic heterocycles. The number of hydrogen-bond acceptors (Lipinski definition) is 5. The van der Waals surface area contributed by atoms with Crippen LogP contribution in [0.4, 0.5) is 5.13 Å². The first-order valence-corrected chi connectivity index (χ1v) is 8.42. The first-order valence-electron chi connectivity index (χ1n) is 7.60. The van der Waals surface area contributed by atoms with Crippen LogP contribution in [0.5, 0.6) is 11.5 Å². The van der Waals surface area contributed by atoms with Gasteiger partial charge in [-0.15, -0.1) is 0 Å². The molecule has 0 aliphatic rings. The number of aryl methyl sites for hydroxylation is 1. The van der Waals surface area contributed by atoms with Crippen molar-refractivity contribution in [2.45, 2.75) is 13.8 Å². The highest BCUT2D eigenvalue weighted by atomic mass is 32.1. The van der Waals surface area contributed by atoms with Crippen LogP contribution in [0, 0.1) is 6.92 Å². The maximum atomic E-state index is 12.4. The number of rotatable bonds is 5. The number of anilines is 1. The van der Waals surface area contributed by atoms with Crippen LogP contribution in [-0.4, -0.2) is 24.6 Å². The number of carbonyl (C=O) groups is 1. The molecular weight excluding hydrogens is 324 g/mol. The molecule has 2 aromatic carbocycles. The number of thiazole rings is 1. The molecule has 0 radical (unpaired) electrons. The Morgan fingerprint density at radius 2 is 1.96 bits per heavy atom. The number of amides is 1. The zero-order chi connectivity index (χ0) is 17.1. The Morgan fingerprint density at radius 1 is 1.21 bits per heavy atom. The van der Waals surface area contributed by atoms with Gasteiger partial charge >= 0.3 is 0 Å². The molecule has 3 rings (SSSR count). The van der Waals surface area contributed by atoms with E-state index in [1.165, 1.54) is 11.3 Å². The van der Waals surface area contributed by atoms with E-state index >= 15 is 0 Å². The molecule has 0 atom stereocenters. The summed E-state index contributed by atoms with van der Waals surface area (Å²) < 4.78 is 11.7. The van der Waals surface area contributed by atoms with Crippen LogP contribution < -0.4 is 14.8 Å². The lowest BCUT2D eigenvalue weighted by Crippen LogP contribution is -2.11. The molecule has 0 saturated heterocycles. The number of fused-ring (bicyclic) bond motifs is 1. The van der Waals surface area contributed by atoms with Crippen molar-refractivity contribution in [2.75, 3.05) is 19.0 Å². The van der Waals surface area contributed by atoms with E-state index in [-0.39, 0.29) is 5.91 Å². The number of nitrogens with one attached hydrogen (secondary N) is 1. The zero-order valence-corrected chi connectivity index (χ0v) is 14.6. The quantitative estimate of drug-likeness (QED) is 0.752. The molecule has 5 nitrogen and oxygen atoms in total. The highest BCUT2D eigenvalue weighted by Gasteiger charge is 2.14. The Balaban J connectivity index is 1.84. The average molecular weight is 342 g/mol. The molecule has 6 heteroatoms. The fourth-order valence-corrected chi connectivity index (χ4v) is 3.31. The van der Waals surface area contributed by atoms with E-state index < -0.39 is 0 Å². The van der Waals surface area contributed by atoms with Crippen molar-refractivity contribution in [3.63, 3.8) is 0 Å². The fourth-order valence-electron chi connectivity index (χ4n) is 2.37. The Labute approximate surface area is 144 Å². The van der Waals surface area contributed by atoms with Gasteiger partial charge in [0.2, 0.25) is 0 Å². The lowest BCUT2D eigenvalue weighted by atomic mass is 10.2. The monoisotopic (exact) mass is 342 g/mol. The summed E-state index contributed by atoms with van der Waals surface area (Å²) in [5.41, 5.74) is 2.43. The van der Waals surface area contributed by atoms with E-state index in [0.29, 0.717) is 23.1 Å². The second-order valence-electron chi connectivity index (χ2n) is 5.19. The van der Waals surface area contributed by atoms with E-state index in [1.807, 2.05) is 26.0 Å². The van der Waals surface area contributed by atoms with Crippen molar-refractivity contribution in [1.82, 2.24) is 4.98 Å². The van der Waals surface area contributed by atoms with E-state index in [2.05, 4.69) is 10.3 Å². The highest BCUT2D eigenvalue weighted by Crippen LogP contribution is 2.34. The second kappa shape index (κ2) is 6.88. The number of ether oxygens (including phenoxy) is 2. The van der Waals surface area contributed by atoms with Gasteiger partial charge in [-0.2, -0.15) is 0 Å². The standard InChI is InChI=1S/C18H18N2O3S/c1-4-23-13-8-6-12(7-9-13)17(21)20-18-19-15-14(22-3)10-5-11(2)16(15)24-18/h5-10H,4H2,1-3H3,(H,19,20,21). The summed E-state index contributed by atoms with van der Waals surface area (Å²) in [6.45, 7) is 4.53. The van der Waals surface area contributed by atoms with Gasteiger partial charge in [0, 0.05) is 5.56 Å². The van der Waals surface area contributed by atoms with Crippen LogP contribution in [0.3, 0.4) is 0 Å². The summed E-state index contributed by atoms with van der Waals surface area (Å²) >= 11 is 1.44. The largest absolute Gasteiger partial charge is 0.494 e. The van der Waals surface area contributed by atoms with Gasteiger partial charge < -0.3 is 9.47 Å². The summed E-state index contributed by atoms with van der Waals surface area (Å²) in [6, 6.07) is 10.9. The van der Waals surface area contributed by atoms with Crippen LogP contribution in [-0.2, 0) is 0 Å². The molecule has 0 spiro atoms. The minimum Gasteiger partial charge on any atom is -0.494 e. The molecule has 3 aromatic rings. The third-order valence-corrected chi connectivity index (χ3v) is 4.68. The lowest BCUT2D eigenvalue weighted by Gasteiger charge is -2.04. The number of benzene rings is 2. The molecule has 0 aliphatic heterocycles. The summed E-state index contributed by atoms with van der Waals surface area (Å²) in [5.74, 6) is 1.25. The summed E-state index contributed by atoms with van der Waals surface area (Å²) in [6.07, 6.45) is 0. The minimum absolute atomic E-state index is 0.200. The van der Waals surface area contributed by atoms with E-state index in [0.717, 1.165) is 21.5 Å². The van der Waals surface area contributed by atoms with Crippen molar-refractivity contribution in [3.05, 3.63) is 47.5 Å². The Kier molecular flexibility index (Phi) is 4.66. The predicted octanol–water partition coefficient (Wildman–Crippen LogP) is 4.26. The highest BCUT2D eigenvalue weighted by molar-refractivity contribution is 7.22. The summed E-state index contributed by atoms with van der Waals surface area (Å²) in [4.78, 5) is 16.9. The Hall–Kier alpha value is -2.60. The molecule has 1 amide bonds. The molecule has 0 bridgehead atoms. The van der Waals surface area contributed by atoms with Gasteiger partial charge in [0.25, 0.3) is 5.91 Å². The van der Waals surface area contributed by atoms with Gasteiger partial charge in [0.05, 0.1) is 18.4 Å². The molecule has 0 fully saturated rings. The van der Waals surface area contributed by atoms with Crippen molar-refractivity contribution in [1.29, 1.82) is 0 Å². The maximum Gasteiger partial charge on any atom is 0.257 e. The van der Waals surface area contributed by atoms with Crippen molar-refractivity contribution in [2.24, 2.45) is 0 Å². The fraction of sp³-hybridized carbons (Fsp3) is 0.222. The van der Waals surface area contributed by atoms with Crippen LogP contribution in [0.15, 0.2) is 36.4 Å². The molecule has 124 valence electrons. The Bertz CT molecular complexity index is 872. The number of methoxy groups -OCH3 is 1. The average Bonchev–Trinajstić information content (AvgIpc) is 3.01. The number of aromatic nitrogens is 1. The summed E-state index contributed by atoms with van der Waals surface area (Å²) in [7, 11) is 1.61. The van der Waals surface area contributed by atoms with Crippen molar-refractivity contribution >= 4 is 32.6 Å². The normalized spacial score (nSPS) is 10.6. The topological polar surface area (TPSA) is 60.5 Å². The molecule has 0 unspecified atom stereocenters. The van der Waals surface area contributed by atoms with Crippen LogP contribution >= 0.6 is 11.3 Å². The van der Waals surface area contributed by atoms with E-state index in [4.69, 9.17) is 9.47 Å². The summed E-state index contributed by atoms with van der Waals surface area (Å²) in [5, 5.41) is 3.40. The molecule has 0 saturated carbocycles. The van der Waals surface area contributed by atoms with Gasteiger partial charge in [-0.3, -0.25) is 10.1 Å². The molecule has 1 heterocycles. The third-order valence-electron chi connectivity index (χ3n) is 3.57. The minimum atomic E-state index is -0.200. The predicted molar refractivity (Wildman–Crippen MR) is 96.5 cm³/mol. The number of hydrogen-bond donors (Lipinski definition) is 1. The second-order valence-corrected chi connectivity index (χ2v) is 6.19. The first kappa shape index (κ1) is 16.3. The van der Waals surface area contributed by atoms with Crippen LogP contribution in [0.1, 0.15) is 22.8 Å². The molecular formula is C18H18N2O3S. The van der Waals surface area contributed by atoms with Gasteiger partial charge in [-0.05, 0) is 49.7 Å². The van der Waals surface area contributed by atoms with Gasteiger partial charge in [-0.1, -0.05) is 17.4 Å². The molecule has 0 aliphatic carbocycles. The first-order chi connectivity index (χ1) is 11.6. The molecule has 1 N–H and O–H groups in total. The maximum absolute atomic E-state index is 12.4. The smallest absolute Gasteiger partial charge is 0.257 e. The lowest BCUT2D eigenvalue weighted by molar-refractivity contribution is 0.102. The Morgan fingerprint density at radius 3 is 2.62 bits per heavy atom. The van der Waals surface area contributed by atoms with Crippen molar-refractivity contribution in [3.8, 4) is 11.5 Å². The van der Waals surface area contributed by atoms with Gasteiger partial charge in [0.15, 0.2) is 5.13 Å². The SMILES string of the molecule is CCOc1ccc(C(=O)Nc2nc3c(OC)ccc(C)c3s2)cc1. The van der Waals surface area contributed by atoms with Gasteiger partial charge in [0.1, 0.15) is 17.0 Å². The van der Waals surface area contributed by atoms with Crippen LogP contribution in [0.2, 0.25) is 0 Å². The number of carbonyl (C=O) groups excluding carboxylic acids is 1.